The van der Waals surface area contributed by atoms with Gasteiger partial charge in [-0.1, -0.05) is 0 Å². The molecule has 0 fully saturated rings. The molecule has 2 heterocycles. The van der Waals surface area contributed by atoms with Crippen molar-refractivity contribution in [2.24, 2.45) is 7.05 Å². The molecule has 0 saturated carbocycles. The number of aromatic nitrogens is 3. The summed E-state index contributed by atoms with van der Waals surface area (Å²) >= 11 is 0. The molecule has 0 atom stereocenters. The van der Waals surface area contributed by atoms with Crippen molar-refractivity contribution in [2.75, 3.05) is 0 Å². The molecule has 17 heavy (non-hydrogen) atoms. The number of carboxylic acid groups (broad SMARTS) is 1. The molecule has 0 aliphatic heterocycles. The van der Waals surface area contributed by atoms with Gasteiger partial charge in [0, 0.05) is 25.5 Å². The first-order chi connectivity index (χ1) is 8.08. The van der Waals surface area contributed by atoms with Crippen LogP contribution in [0.5, 0.6) is 0 Å². The van der Waals surface area contributed by atoms with E-state index >= 15 is 0 Å². The fraction of sp³-hybridized carbons (Fsp3) is 0.182. The molecule has 2 rings (SSSR count). The Balaban J connectivity index is 2.32. The van der Waals surface area contributed by atoms with E-state index < -0.39 is 5.97 Å². The van der Waals surface area contributed by atoms with Gasteiger partial charge in [0.2, 0.25) is 0 Å². The van der Waals surface area contributed by atoms with Gasteiger partial charge in [-0.15, -0.1) is 0 Å². The fourth-order valence-corrected chi connectivity index (χ4v) is 1.48. The van der Waals surface area contributed by atoms with E-state index in [9.17, 15) is 9.59 Å². The van der Waals surface area contributed by atoms with E-state index in [1.807, 2.05) is 7.05 Å². The third kappa shape index (κ3) is 2.25. The molecule has 0 aliphatic rings. The summed E-state index contributed by atoms with van der Waals surface area (Å²) in [5, 5.41) is 8.74. The molecule has 6 nitrogen and oxygen atoms in total. The molecule has 1 N–H and O–H groups in total. The molecule has 0 unspecified atom stereocenters. The van der Waals surface area contributed by atoms with Crippen molar-refractivity contribution in [2.45, 2.75) is 6.54 Å². The molecule has 88 valence electrons. The van der Waals surface area contributed by atoms with Crippen LogP contribution >= 0.6 is 0 Å². The van der Waals surface area contributed by atoms with Crippen LogP contribution in [0.1, 0.15) is 16.1 Å². The number of nitrogens with zero attached hydrogens (tertiary/aromatic N) is 3. The number of hydrogen-bond acceptors (Lipinski definition) is 3. The molecule has 0 aliphatic carbocycles. The first-order valence-corrected chi connectivity index (χ1v) is 4.97. The third-order valence-electron chi connectivity index (χ3n) is 2.49. The molecular weight excluding hydrogens is 222 g/mol. The number of aromatic carboxylic acids is 1. The van der Waals surface area contributed by atoms with E-state index in [2.05, 4.69) is 4.98 Å². The number of carbonyl (C=O) groups is 1. The average Bonchev–Trinajstić information content (AvgIpc) is 2.67. The Labute approximate surface area is 96.8 Å². The van der Waals surface area contributed by atoms with Crippen LogP contribution in [0.3, 0.4) is 0 Å². The van der Waals surface area contributed by atoms with Gasteiger partial charge in [0.05, 0.1) is 24.1 Å². The Kier molecular flexibility index (Phi) is 2.78. The zero-order valence-corrected chi connectivity index (χ0v) is 9.20. The van der Waals surface area contributed by atoms with E-state index in [1.165, 1.54) is 16.8 Å². The third-order valence-corrected chi connectivity index (χ3v) is 2.49. The number of aryl methyl sites for hydroxylation is 1. The molecule has 6 heteroatoms. The molecule has 0 spiro atoms. The van der Waals surface area contributed by atoms with Gasteiger partial charge in [-0.3, -0.25) is 4.79 Å². The molecular formula is C11H11N3O3. The lowest BCUT2D eigenvalue weighted by atomic mass is 10.2. The first kappa shape index (κ1) is 11.1. The summed E-state index contributed by atoms with van der Waals surface area (Å²) in [6.07, 6.45) is 4.78. The Morgan fingerprint density at radius 3 is 2.82 bits per heavy atom. The second kappa shape index (κ2) is 4.25. The second-order valence-corrected chi connectivity index (χ2v) is 3.68. The highest BCUT2D eigenvalue weighted by atomic mass is 16.4. The van der Waals surface area contributed by atoms with Crippen molar-refractivity contribution in [3.63, 3.8) is 0 Å². The van der Waals surface area contributed by atoms with Crippen molar-refractivity contribution < 1.29 is 9.90 Å². The van der Waals surface area contributed by atoms with Crippen molar-refractivity contribution in [1.29, 1.82) is 0 Å². The first-order valence-electron chi connectivity index (χ1n) is 4.97. The monoisotopic (exact) mass is 233 g/mol. The van der Waals surface area contributed by atoms with Crippen molar-refractivity contribution in [3.05, 3.63) is 52.5 Å². The molecule has 0 saturated heterocycles. The summed E-state index contributed by atoms with van der Waals surface area (Å²) in [6.45, 7) is 0.370. The average molecular weight is 233 g/mol. The van der Waals surface area contributed by atoms with Crippen LogP contribution in [0.15, 0.2) is 35.6 Å². The Morgan fingerprint density at radius 1 is 1.53 bits per heavy atom. The van der Waals surface area contributed by atoms with Crippen LogP contribution in [0.25, 0.3) is 0 Å². The molecule has 2 aromatic rings. The number of imidazole rings is 1. The maximum atomic E-state index is 11.7. The summed E-state index contributed by atoms with van der Waals surface area (Å²) < 4.78 is 3.24. The SMILES string of the molecule is Cn1cncc1Cn1ccc(C(=O)O)cc1=O. The van der Waals surface area contributed by atoms with Gasteiger partial charge in [0.15, 0.2) is 0 Å². The number of rotatable bonds is 3. The van der Waals surface area contributed by atoms with Gasteiger partial charge in [0.25, 0.3) is 5.56 Å². The van der Waals surface area contributed by atoms with Crippen LogP contribution in [0, 0.1) is 0 Å². The van der Waals surface area contributed by atoms with E-state index in [0.29, 0.717) is 6.54 Å². The standard InChI is InChI=1S/C11H11N3O3/c1-13-7-12-5-9(13)6-14-3-2-8(11(16)17)4-10(14)15/h2-5,7H,6H2,1H3,(H,16,17). The van der Waals surface area contributed by atoms with Crippen LogP contribution < -0.4 is 5.56 Å². The van der Waals surface area contributed by atoms with Gasteiger partial charge >= 0.3 is 5.97 Å². The van der Waals surface area contributed by atoms with Crippen LogP contribution in [-0.2, 0) is 13.6 Å². The quantitative estimate of drug-likeness (QED) is 0.828. The lowest BCUT2D eigenvalue weighted by molar-refractivity contribution is 0.0696. The van der Waals surface area contributed by atoms with Crippen molar-refractivity contribution in [3.8, 4) is 0 Å². The smallest absolute Gasteiger partial charge is 0.335 e. The van der Waals surface area contributed by atoms with Crippen LogP contribution in [0.2, 0.25) is 0 Å². The predicted molar refractivity (Wildman–Crippen MR) is 60.0 cm³/mol. The molecule has 2 aromatic heterocycles. The Hall–Kier alpha value is -2.37. The fourth-order valence-electron chi connectivity index (χ4n) is 1.48. The number of carboxylic acids is 1. The molecule has 0 radical (unpaired) electrons. The lowest BCUT2D eigenvalue weighted by Gasteiger charge is -2.06. The lowest BCUT2D eigenvalue weighted by Crippen LogP contribution is -2.21. The second-order valence-electron chi connectivity index (χ2n) is 3.68. The summed E-state index contributed by atoms with van der Waals surface area (Å²) in [5.41, 5.74) is 0.525. The minimum absolute atomic E-state index is 0.00347. The molecule has 0 aromatic carbocycles. The maximum Gasteiger partial charge on any atom is 0.335 e. The van der Waals surface area contributed by atoms with E-state index in [-0.39, 0.29) is 11.1 Å². The van der Waals surface area contributed by atoms with Gasteiger partial charge in [-0.25, -0.2) is 9.78 Å². The van der Waals surface area contributed by atoms with Crippen LogP contribution in [-0.4, -0.2) is 25.2 Å². The summed E-state index contributed by atoms with van der Waals surface area (Å²) in [7, 11) is 1.83. The summed E-state index contributed by atoms with van der Waals surface area (Å²) in [5.74, 6) is -1.10. The van der Waals surface area contributed by atoms with Gasteiger partial charge in [0.1, 0.15) is 0 Å². The Bertz CT molecular complexity index is 612. The molecule has 0 amide bonds. The minimum atomic E-state index is -1.10. The summed E-state index contributed by atoms with van der Waals surface area (Å²) in [6, 6.07) is 2.51. The van der Waals surface area contributed by atoms with E-state index in [4.69, 9.17) is 5.11 Å². The maximum absolute atomic E-state index is 11.7. The van der Waals surface area contributed by atoms with Gasteiger partial charge in [-0.05, 0) is 6.07 Å². The number of pyridine rings is 1. The normalized spacial score (nSPS) is 10.4. The topological polar surface area (TPSA) is 77.1 Å². The number of hydrogen-bond donors (Lipinski definition) is 1. The van der Waals surface area contributed by atoms with Crippen molar-refractivity contribution in [1.82, 2.24) is 14.1 Å². The zero-order chi connectivity index (χ0) is 12.4. The van der Waals surface area contributed by atoms with Crippen molar-refractivity contribution >= 4 is 5.97 Å². The molecule has 0 bridgehead atoms. The largest absolute Gasteiger partial charge is 0.478 e. The minimum Gasteiger partial charge on any atom is -0.478 e. The Morgan fingerprint density at radius 2 is 2.29 bits per heavy atom. The van der Waals surface area contributed by atoms with E-state index in [0.717, 1.165) is 11.8 Å². The predicted octanol–water partition coefficient (Wildman–Crippen LogP) is 0.328. The van der Waals surface area contributed by atoms with Crippen LogP contribution in [0.4, 0.5) is 0 Å². The van der Waals surface area contributed by atoms with Gasteiger partial charge < -0.3 is 14.2 Å². The highest BCUT2D eigenvalue weighted by molar-refractivity contribution is 5.87. The highest BCUT2D eigenvalue weighted by Crippen LogP contribution is 2.00. The zero-order valence-electron chi connectivity index (χ0n) is 9.20. The van der Waals surface area contributed by atoms with E-state index in [1.54, 1.807) is 17.1 Å². The van der Waals surface area contributed by atoms with Gasteiger partial charge in [-0.2, -0.15) is 0 Å². The summed E-state index contributed by atoms with van der Waals surface area (Å²) in [4.78, 5) is 26.3. The highest BCUT2D eigenvalue weighted by Gasteiger charge is 2.06.